The molecule has 5 heteroatoms. The predicted molar refractivity (Wildman–Crippen MR) is 68.1 cm³/mol. The second-order valence-electron chi connectivity index (χ2n) is 3.66. The summed E-state index contributed by atoms with van der Waals surface area (Å²) >= 11 is 0. The molecule has 0 aromatic heterocycles. The maximum atomic E-state index is 8.92. The number of aryl methyl sites for hydroxylation is 1. The first-order valence-corrected chi connectivity index (χ1v) is 5.70. The van der Waals surface area contributed by atoms with Crippen molar-refractivity contribution in [3.05, 3.63) is 11.6 Å². The zero-order valence-corrected chi connectivity index (χ0v) is 11.3. The third-order valence-corrected chi connectivity index (χ3v) is 2.67. The van der Waals surface area contributed by atoms with E-state index in [1.54, 1.807) is 28.4 Å². The van der Waals surface area contributed by atoms with Crippen LogP contribution in [0.4, 0.5) is 0 Å². The molecule has 0 atom stereocenters. The molecule has 1 aromatic carbocycles. The Kier molecular flexibility index (Phi) is 5.58. The lowest BCUT2D eigenvalue weighted by molar-refractivity contribution is 0.284. The largest absolute Gasteiger partial charge is 0.493 e. The Morgan fingerprint density at radius 2 is 1.50 bits per heavy atom. The summed E-state index contributed by atoms with van der Waals surface area (Å²) < 4.78 is 21.2. The van der Waals surface area contributed by atoms with Crippen LogP contribution in [0.3, 0.4) is 0 Å². The van der Waals surface area contributed by atoms with Crippen LogP contribution < -0.4 is 18.9 Å². The van der Waals surface area contributed by atoms with E-state index in [-0.39, 0.29) is 6.61 Å². The van der Waals surface area contributed by atoms with E-state index in [9.17, 15) is 0 Å². The second-order valence-corrected chi connectivity index (χ2v) is 3.66. The first-order valence-electron chi connectivity index (χ1n) is 5.70. The Balaban J connectivity index is 3.33. The van der Waals surface area contributed by atoms with Crippen molar-refractivity contribution in [2.24, 2.45) is 0 Å². The molecule has 0 fully saturated rings. The van der Waals surface area contributed by atoms with Crippen LogP contribution in [0.25, 0.3) is 0 Å². The molecule has 1 rings (SSSR count). The average Bonchev–Trinajstić information content (AvgIpc) is 2.42. The van der Waals surface area contributed by atoms with Crippen molar-refractivity contribution >= 4 is 0 Å². The molecule has 0 aliphatic carbocycles. The number of rotatable bonds is 7. The van der Waals surface area contributed by atoms with Gasteiger partial charge in [-0.3, -0.25) is 0 Å². The molecule has 0 aliphatic rings. The fraction of sp³-hybridized carbons (Fsp3) is 0.538. The normalized spacial score (nSPS) is 10.1. The van der Waals surface area contributed by atoms with E-state index in [0.717, 1.165) is 5.56 Å². The number of hydrogen-bond acceptors (Lipinski definition) is 5. The Labute approximate surface area is 107 Å². The van der Waals surface area contributed by atoms with E-state index in [1.165, 1.54) is 0 Å². The molecule has 0 heterocycles. The van der Waals surface area contributed by atoms with E-state index in [4.69, 9.17) is 24.1 Å². The van der Waals surface area contributed by atoms with Gasteiger partial charge in [-0.1, -0.05) is 0 Å². The molecule has 0 unspecified atom stereocenters. The number of methoxy groups -OCH3 is 4. The first kappa shape index (κ1) is 14.4. The summed E-state index contributed by atoms with van der Waals surface area (Å²) in [5.74, 6) is 2.21. The Hall–Kier alpha value is -1.62. The molecule has 0 bridgehead atoms. The van der Waals surface area contributed by atoms with Crippen LogP contribution in [0.2, 0.25) is 0 Å². The van der Waals surface area contributed by atoms with Gasteiger partial charge in [0.25, 0.3) is 0 Å². The van der Waals surface area contributed by atoms with Crippen LogP contribution in [0.5, 0.6) is 23.0 Å². The van der Waals surface area contributed by atoms with Crippen molar-refractivity contribution in [3.8, 4) is 23.0 Å². The van der Waals surface area contributed by atoms with Crippen molar-refractivity contribution in [3.63, 3.8) is 0 Å². The van der Waals surface area contributed by atoms with Crippen molar-refractivity contribution in [2.75, 3.05) is 35.0 Å². The van der Waals surface area contributed by atoms with Gasteiger partial charge in [0.15, 0.2) is 11.5 Å². The quantitative estimate of drug-likeness (QED) is 0.803. The molecule has 0 amide bonds. The maximum absolute atomic E-state index is 8.92. The Morgan fingerprint density at radius 1 is 0.889 bits per heavy atom. The van der Waals surface area contributed by atoms with Crippen molar-refractivity contribution in [2.45, 2.75) is 12.8 Å². The van der Waals surface area contributed by atoms with Gasteiger partial charge in [0.1, 0.15) is 0 Å². The fourth-order valence-electron chi connectivity index (χ4n) is 1.86. The van der Waals surface area contributed by atoms with E-state index in [2.05, 4.69) is 0 Å². The molecule has 0 spiro atoms. The van der Waals surface area contributed by atoms with Gasteiger partial charge in [-0.15, -0.1) is 0 Å². The van der Waals surface area contributed by atoms with Gasteiger partial charge in [-0.2, -0.15) is 0 Å². The zero-order valence-electron chi connectivity index (χ0n) is 11.3. The van der Waals surface area contributed by atoms with Gasteiger partial charge in [0, 0.05) is 12.2 Å². The number of ether oxygens (including phenoxy) is 4. The van der Waals surface area contributed by atoms with E-state index < -0.39 is 0 Å². The lowest BCUT2D eigenvalue weighted by Crippen LogP contribution is -2.02. The van der Waals surface area contributed by atoms with Crippen LogP contribution in [0.15, 0.2) is 6.07 Å². The number of aliphatic hydroxyl groups is 1. The Morgan fingerprint density at radius 3 is 1.94 bits per heavy atom. The topological polar surface area (TPSA) is 57.2 Å². The molecule has 0 radical (unpaired) electrons. The minimum absolute atomic E-state index is 0.125. The molecular weight excluding hydrogens is 236 g/mol. The van der Waals surface area contributed by atoms with Gasteiger partial charge >= 0.3 is 0 Å². The highest BCUT2D eigenvalue weighted by atomic mass is 16.5. The van der Waals surface area contributed by atoms with Crippen molar-refractivity contribution < 1.29 is 24.1 Å². The van der Waals surface area contributed by atoms with Crippen molar-refractivity contribution in [1.82, 2.24) is 0 Å². The van der Waals surface area contributed by atoms with Crippen LogP contribution in [-0.2, 0) is 6.42 Å². The van der Waals surface area contributed by atoms with Gasteiger partial charge in [0.05, 0.1) is 28.4 Å². The minimum Gasteiger partial charge on any atom is -0.493 e. The number of benzene rings is 1. The standard InChI is InChI=1S/C13H20O5/c1-15-10-8-9(6-5-7-14)11(16-2)13(18-4)12(10)17-3/h8,14H,5-7H2,1-4H3. The van der Waals surface area contributed by atoms with E-state index >= 15 is 0 Å². The molecule has 0 saturated carbocycles. The zero-order chi connectivity index (χ0) is 13.5. The first-order chi connectivity index (χ1) is 8.73. The molecule has 1 N–H and O–H groups in total. The third-order valence-electron chi connectivity index (χ3n) is 2.67. The van der Waals surface area contributed by atoms with E-state index in [0.29, 0.717) is 35.8 Å². The molecule has 1 aromatic rings. The summed E-state index contributed by atoms with van der Waals surface area (Å²) in [7, 11) is 6.24. The highest BCUT2D eigenvalue weighted by Crippen LogP contribution is 2.46. The predicted octanol–water partition coefficient (Wildman–Crippen LogP) is 1.65. The highest BCUT2D eigenvalue weighted by Gasteiger charge is 2.20. The summed E-state index contributed by atoms with van der Waals surface area (Å²) in [6.45, 7) is 0.125. The molecular formula is C13H20O5. The lowest BCUT2D eigenvalue weighted by atomic mass is 10.1. The lowest BCUT2D eigenvalue weighted by Gasteiger charge is -2.18. The summed E-state index contributed by atoms with van der Waals surface area (Å²) in [5, 5.41) is 8.92. The summed E-state index contributed by atoms with van der Waals surface area (Å²) in [4.78, 5) is 0. The maximum Gasteiger partial charge on any atom is 0.207 e. The van der Waals surface area contributed by atoms with E-state index in [1.807, 2.05) is 6.07 Å². The summed E-state index contributed by atoms with van der Waals surface area (Å²) in [6, 6.07) is 1.84. The number of aliphatic hydroxyl groups excluding tert-OH is 1. The van der Waals surface area contributed by atoms with Gasteiger partial charge in [-0.05, 0) is 18.9 Å². The minimum atomic E-state index is 0.125. The SMILES string of the molecule is COc1cc(CCCO)c(OC)c(OC)c1OC. The van der Waals surface area contributed by atoms with Gasteiger partial charge < -0.3 is 24.1 Å². The van der Waals surface area contributed by atoms with Gasteiger partial charge in [0.2, 0.25) is 11.5 Å². The molecule has 102 valence electrons. The van der Waals surface area contributed by atoms with Crippen molar-refractivity contribution in [1.29, 1.82) is 0 Å². The monoisotopic (exact) mass is 256 g/mol. The Bertz CT molecular complexity index is 389. The molecule has 5 nitrogen and oxygen atoms in total. The number of hydrogen-bond donors (Lipinski definition) is 1. The average molecular weight is 256 g/mol. The van der Waals surface area contributed by atoms with Crippen LogP contribution in [-0.4, -0.2) is 40.2 Å². The summed E-state index contributed by atoms with van der Waals surface area (Å²) in [5.41, 5.74) is 0.918. The van der Waals surface area contributed by atoms with Crippen LogP contribution >= 0.6 is 0 Å². The molecule has 0 aliphatic heterocycles. The fourth-order valence-corrected chi connectivity index (χ4v) is 1.86. The molecule has 0 saturated heterocycles. The molecule has 18 heavy (non-hydrogen) atoms. The van der Waals surface area contributed by atoms with Crippen LogP contribution in [0, 0.1) is 0 Å². The second kappa shape index (κ2) is 6.96. The smallest absolute Gasteiger partial charge is 0.207 e. The highest BCUT2D eigenvalue weighted by molar-refractivity contribution is 5.62. The third kappa shape index (κ3) is 2.79. The van der Waals surface area contributed by atoms with Gasteiger partial charge in [-0.25, -0.2) is 0 Å². The summed E-state index contributed by atoms with van der Waals surface area (Å²) in [6.07, 6.45) is 1.32. The van der Waals surface area contributed by atoms with Crippen LogP contribution in [0.1, 0.15) is 12.0 Å².